The summed E-state index contributed by atoms with van der Waals surface area (Å²) in [6.45, 7) is 3.05. The van der Waals surface area contributed by atoms with E-state index in [2.05, 4.69) is 19.7 Å². The van der Waals surface area contributed by atoms with Gasteiger partial charge in [-0.15, -0.1) is 0 Å². The molecule has 0 fully saturated rings. The molecule has 0 saturated heterocycles. The highest BCUT2D eigenvalue weighted by Gasteiger charge is 2.31. The number of hydrogen-bond acceptors (Lipinski definition) is 6. The molecule has 0 bridgehead atoms. The first-order valence-corrected chi connectivity index (χ1v) is 9.29. The van der Waals surface area contributed by atoms with E-state index in [9.17, 15) is 4.79 Å². The smallest absolute Gasteiger partial charge is 0.261 e. The molecule has 1 aliphatic rings. The highest BCUT2D eigenvalue weighted by Crippen LogP contribution is 2.32. The Bertz CT molecular complexity index is 1400. The molecule has 0 radical (unpaired) electrons. The molecule has 0 spiro atoms. The van der Waals surface area contributed by atoms with Crippen molar-refractivity contribution in [1.82, 2.24) is 19.7 Å². The van der Waals surface area contributed by atoms with Gasteiger partial charge in [-0.25, -0.2) is 9.97 Å². The molecule has 1 aliphatic heterocycles. The van der Waals surface area contributed by atoms with Gasteiger partial charge in [0.05, 0.1) is 33.9 Å². The lowest BCUT2D eigenvalue weighted by Crippen LogP contribution is -2.29. The van der Waals surface area contributed by atoms with Crippen molar-refractivity contribution in [2.75, 3.05) is 11.4 Å². The van der Waals surface area contributed by atoms with Gasteiger partial charge in [0.25, 0.3) is 11.6 Å². The lowest BCUT2D eigenvalue weighted by molar-refractivity contribution is 0.0990. The van der Waals surface area contributed by atoms with Crippen molar-refractivity contribution >= 4 is 34.0 Å². The minimum absolute atomic E-state index is 0.162. The molecule has 5 heterocycles. The van der Waals surface area contributed by atoms with Gasteiger partial charge in [-0.3, -0.25) is 9.69 Å². The normalized spacial score (nSPS) is 13.5. The average molecular weight is 385 g/mol. The maximum atomic E-state index is 13.6. The van der Waals surface area contributed by atoms with Crippen molar-refractivity contribution in [3.8, 4) is 11.5 Å². The SMILES string of the molecule is Cc1noc2nc(-c3ccco3)cc(C(=O)N3CCn4c3nc3ccccc34)c12. The number of pyridine rings is 1. The zero-order valence-electron chi connectivity index (χ0n) is 15.5. The number of amides is 1. The van der Waals surface area contributed by atoms with Gasteiger partial charge < -0.3 is 13.5 Å². The summed E-state index contributed by atoms with van der Waals surface area (Å²) in [4.78, 5) is 24.5. The second kappa shape index (κ2) is 5.78. The highest BCUT2D eigenvalue weighted by molar-refractivity contribution is 6.14. The maximum Gasteiger partial charge on any atom is 0.261 e. The zero-order valence-corrected chi connectivity index (χ0v) is 15.5. The molecule has 4 aromatic heterocycles. The number of rotatable bonds is 2. The largest absolute Gasteiger partial charge is 0.463 e. The Hall–Kier alpha value is -3.94. The predicted octanol–water partition coefficient (Wildman–Crippen LogP) is 3.80. The summed E-state index contributed by atoms with van der Waals surface area (Å²) < 4.78 is 12.9. The van der Waals surface area contributed by atoms with Crippen LogP contribution in [0.3, 0.4) is 0 Å². The third kappa shape index (κ3) is 2.25. The summed E-state index contributed by atoms with van der Waals surface area (Å²) in [7, 11) is 0. The van der Waals surface area contributed by atoms with E-state index in [1.807, 2.05) is 24.3 Å². The molecule has 0 unspecified atom stereocenters. The first kappa shape index (κ1) is 16.1. The lowest BCUT2D eigenvalue weighted by atomic mass is 10.1. The van der Waals surface area contributed by atoms with Crippen LogP contribution >= 0.6 is 0 Å². The maximum absolute atomic E-state index is 13.6. The van der Waals surface area contributed by atoms with E-state index in [-0.39, 0.29) is 5.91 Å². The highest BCUT2D eigenvalue weighted by atomic mass is 16.5. The first-order valence-electron chi connectivity index (χ1n) is 9.29. The van der Waals surface area contributed by atoms with Crippen molar-refractivity contribution in [3.05, 3.63) is 60.0 Å². The number of fused-ring (bicyclic) bond motifs is 4. The Kier molecular flexibility index (Phi) is 3.20. The molecule has 29 heavy (non-hydrogen) atoms. The van der Waals surface area contributed by atoms with Crippen LogP contribution in [0.25, 0.3) is 33.6 Å². The van der Waals surface area contributed by atoms with Crippen LogP contribution in [0.4, 0.5) is 5.95 Å². The number of carbonyl (C=O) groups is 1. The fourth-order valence-corrected chi connectivity index (χ4v) is 3.94. The van der Waals surface area contributed by atoms with Gasteiger partial charge in [-0.2, -0.15) is 0 Å². The summed E-state index contributed by atoms with van der Waals surface area (Å²) >= 11 is 0. The third-order valence-corrected chi connectivity index (χ3v) is 5.29. The van der Waals surface area contributed by atoms with Gasteiger partial charge in [0.15, 0.2) is 5.76 Å². The standard InChI is InChI=1S/C21H15N5O3/c1-12-18-13(11-15(17-7-4-10-28-17)22-19(18)29-24-12)20(27)26-9-8-25-16-6-3-2-5-14(16)23-21(25)26/h2-7,10-11H,8-9H2,1H3. The summed E-state index contributed by atoms with van der Waals surface area (Å²) in [5.74, 6) is 1.05. The minimum Gasteiger partial charge on any atom is -0.463 e. The molecule has 0 N–H and O–H groups in total. The van der Waals surface area contributed by atoms with Crippen LogP contribution < -0.4 is 4.90 Å². The van der Waals surface area contributed by atoms with Crippen molar-refractivity contribution in [2.24, 2.45) is 0 Å². The van der Waals surface area contributed by atoms with Crippen LogP contribution in [0.5, 0.6) is 0 Å². The molecule has 142 valence electrons. The van der Waals surface area contributed by atoms with E-state index in [1.165, 1.54) is 0 Å². The number of carbonyl (C=O) groups excluding carboxylic acids is 1. The summed E-state index contributed by atoms with van der Waals surface area (Å²) in [5, 5.41) is 4.62. The molecule has 0 saturated carbocycles. The molecule has 1 amide bonds. The van der Waals surface area contributed by atoms with Gasteiger partial charge in [0.1, 0.15) is 5.69 Å². The van der Waals surface area contributed by atoms with E-state index in [1.54, 1.807) is 36.3 Å². The Labute approximate surface area is 164 Å². The molecule has 6 rings (SSSR count). The molecule has 8 heteroatoms. The number of furan rings is 1. The van der Waals surface area contributed by atoms with Crippen LogP contribution in [0.15, 0.2) is 57.7 Å². The van der Waals surface area contributed by atoms with Crippen molar-refractivity contribution in [2.45, 2.75) is 13.5 Å². The summed E-state index contributed by atoms with van der Waals surface area (Å²) in [6.07, 6.45) is 1.57. The first-order chi connectivity index (χ1) is 14.2. The third-order valence-electron chi connectivity index (χ3n) is 5.29. The van der Waals surface area contributed by atoms with Crippen molar-refractivity contribution in [1.29, 1.82) is 0 Å². The molecule has 8 nitrogen and oxygen atoms in total. The quantitative estimate of drug-likeness (QED) is 0.459. The van der Waals surface area contributed by atoms with Crippen molar-refractivity contribution in [3.63, 3.8) is 0 Å². The Morgan fingerprint density at radius 3 is 2.86 bits per heavy atom. The van der Waals surface area contributed by atoms with Gasteiger partial charge in [-0.1, -0.05) is 17.3 Å². The van der Waals surface area contributed by atoms with Crippen molar-refractivity contribution < 1.29 is 13.7 Å². The second-order valence-corrected chi connectivity index (χ2v) is 6.99. The molecule has 0 atom stereocenters. The number of imidazole rings is 1. The topological polar surface area (TPSA) is 90.2 Å². The van der Waals surface area contributed by atoms with Crippen LogP contribution in [0.1, 0.15) is 16.1 Å². The van der Waals surface area contributed by atoms with E-state index in [0.29, 0.717) is 52.8 Å². The average Bonchev–Trinajstić information content (AvgIpc) is 3.51. The van der Waals surface area contributed by atoms with Crippen LogP contribution in [-0.2, 0) is 6.54 Å². The molecule has 1 aromatic carbocycles. The van der Waals surface area contributed by atoms with Crippen LogP contribution in [0, 0.1) is 6.92 Å². The number of para-hydroxylation sites is 2. The molecular weight excluding hydrogens is 370 g/mol. The summed E-state index contributed by atoms with van der Waals surface area (Å²) in [5.41, 5.74) is 3.82. The zero-order chi connectivity index (χ0) is 19.5. The Morgan fingerprint density at radius 2 is 2.00 bits per heavy atom. The second-order valence-electron chi connectivity index (χ2n) is 6.99. The molecule has 5 aromatic rings. The fraction of sp³-hybridized carbons (Fsp3) is 0.143. The lowest BCUT2D eigenvalue weighted by Gasteiger charge is -2.15. The number of nitrogens with zero attached hydrogens (tertiary/aromatic N) is 5. The minimum atomic E-state index is -0.162. The number of anilines is 1. The summed E-state index contributed by atoms with van der Waals surface area (Å²) in [6, 6.07) is 13.2. The van der Waals surface area contributed by atoms with E-state index in [0.717, 1.165) is 11.0 Å². The van der Waals surface area contributed by atoms with E-state index < -0.39 is 0 Å². The number of aromatic nitrogens is 4. The van der Waals surface area contributed by atoms with Crippen LogP contribution in [0.2, 0.25) is 0 Å². The Morgan fingerprint density at radius 1 is 1.10 bits per heavy atom. The van der Waals surface area contributed by atoms with Gasteiger partial charge >= 0.3 is 0 Å². The van der Waals surface area contributed by atoms with E-state index >= 15 is 0 Å². The number of aryl methyl sites for hydroxylation is 1. The molecule has 0 aliphatic carbocycles. The predicted molar refractivity (Wildman–Crippen MR) is 106 cm³/mol. The fourth-order valence-electron chi connectivity index (χ4n) is 3.94. The van der Waals surface area contributed by atoms with Gasteiger partial charge in [0, 0.05) is 13.1 Å². The monoisotopic (exact) mass is 385 g/mol. The van der Waals surface area contributed by atoms with Gasteiger partial charge in [-0.05, 0) is 37.3 Å². The van der Waals surface area contributed by atoms with Gasteiger partial charge in [0.2, 0.25) is 5.95 Å². The van der Waals surface area contributed by atoms with E-state index in [4.69, 9.17) is 8.94 Å². The number of hydrogen-bond donors (Lipinski definition) is 0. The van der Waals surface area contributed by atoms with Crippen LogP contribution in [-0.4, -0.2) is 32.1 Å². The molecular formula is C21H15N5O3. The number of benzene rings is 1. The Balaban J connectivity index is 1.52.